The number of amides is 1. The fourth-order valence-electron chi connectivity index (χ4n) is 2.78. The van der Waals surface area contributed by atoms with Crippen LogP contribution in [0, 0.1) is 0 Å². The SMILES string of the molecule is CC1CN(Cc2ccc(C(N)=O)cc2N)CC(C)N1C. The number of rotatable bonds is 3. The summed E-state index contributed by atoms with van der Waals surface area (Å²) >= 11 is 0. The zero-order valence-corrected chi connectivity index (χ0v) is 12.5. The third kappa shape index (κ3) is 3.11. The van der Waals surface area contributed by atoms with Gasteiger partial charge in [0.15, 0.2) is 0 Å². The molecule has 0 bridgehead atoms. The molecule has 0 saturated carbocycles. The molecule has 5 nitrogen and oxygen atoms in total. The number of carbonyl (C=O) groups is 1. The Morgan fingerprint density at radius 1 is 1.30 bits per heavy atom. The quantitative estimate of drug-likeness (QED) is 0.804. The van der Waals surface area contributed by atoms with E-state index in [-0.39, 0.29) is 0 Å². The minimum atomic E-state index is -0.440. The second-order valence-electron chi connectivity index (χ2n) is 5.84. The first-order valence-corrected chi connectivity index (χ1v) is 7.01. The summed E-state index contributed by atoms with van der Waals surface area (Å²) < 4.78 is 0. The van der Waals surface area contributed by atoms with Crippen molar-refractivity contribution >= 4 is 11.6 Å². The molecule has 0 aliphatic carbocycles. The van der Waals surface area contributed by atoms with Crippen LogP contribution in [0.3, 0.4) is 0 Å². The molecule has 0 spiro atoms. The smallest absolute Gasteiger partial charge is 0.248 e. The second kappa shape index (κ2) is 5.81. The first-order valence-electron chi connectivity index (χ1n) is 7.01. The van der Waals surface area contributed by atoms with E-state index in [1.807, 2.05) is 6.07 Å². The largest absolute Gasteiger partial charge is 0.398 e. The number of nitrogen functional groups attached to an aromatic ring is 1. The summed E-state index contributed by atoms with van der Waals surface area (Å²) in [5.74, 6) is -0.440. The molecular weight excluding hydrogens is 252 g/mol. The zero-order valence-electron chi connectivity index (χ0n) is 12.5. The van der Waals surface area contributed by atoms with Crippen molar-refractivity contribution in [2.75, 3.05) is 25.9 Å². The zero-order chi connectivity index (χ0) is 14.9. The summed E-state index contributed by atoms with van der Waals surface area (Å²) in [6.45, 7) is 7.34. The van der Waals surface area contributed by atoms with Crippen molar-refractivity contribution in [2.45, 2.75) is 32.5 Å². The predicted octanol–water partition coefficient (Wildman–Crippen LogP) is 0.892. The molecule has 1 aliphatic heterocycles. The number of nitrogens with zero attached hydrogens (tertiary/aromatic N) is 2. The Bertz CT molecular complexity index is 491. The Kier molecular flexibility index (Phi) is 4.30. The van der Waals surface area contributed by atoms with Crippen molar-refractivity contribution in [3.63, 3.8) is 0 Å². The summed E-state index contributed by atoms with van der Waals surface area (Å²) in [6.07, 6.45) is 0. The normalized spacial score (nSPS) is 24.8. The molecule has 2 atom stereocenters. The molecule has 4 N–H and O–H groups in total. The number of anilines is 1. The molecule has 5 heteroatoms. The molecule has 20 heavy (non-hydrogen) atoms. The van der Waals surface area contributed by atoms with E-state index in [9.17, 15) is 4.79 Å². The molecule has 110 valence electrons. The standard InChI is InChI=1S/C15H24N4O/c1-10-7-19(8-11(2)18(10)3)9-13-5-4-12(15(17)20)6-14(13)16/h4-6,10-11H,7-9,16H2,1-3H3,(H2,17,20). The summed E-state index contributed by atoms with van der Waals surface area (Å²) in [6, 6.07) is 6.38. The van der Waals surface area contributed by atoms with Crippen molar-refractivity contribution < 1.29 is 4.79 Å². The van der Waals surface area contributed by atoms with Gasteiger partial charge in [0.1, 0.15) is 0 Å². The lowest BCUT2D eigenvalue weighted by molar-refractivity contribution is 0.0557. The highest BCUT2D eigenvalue weighted by Gasteiger charge is 2.26. The molecule has 1 aromatic carbocycles. The van der Waals surface area contributed by atoms with Crippen molar-refractivity contribution in [3.05, 3.63) is 29.3 Å². The van der Waals surface area contributed by atoms with Gasteiger partial charge in [0.25, 0.3) is 0 Å². The first kappa shape index (κ1) is 14.8. The number of nitrogens with two attached hydrogens (primary N) is 2. The molecule has 1 aromatic rings. The maximum atomic E-state index is 11.1. The number of primary amides is 1. The van der Waals surface area contributed by atoms with Gasteiger partial charge in [0, 0.05) is 43.0 Å². The van der Waals surface area contributed by atoms with E-state index in [1.54, 1.807) is 12.1 Å². The first-order chi connectivity index (χ1) is 9.38. The van der Waals surface area contributed by atoms with E-state index in [2.05, 4.69) is 30.7 Å². The predicted molar refractivity (Wildman–Crippen MR) is 81.3 cm³/mol. The van der Waals surface area contributed by atoms with Gasteiger partial charge in [0.2, 0.25) is 5.91 Å². The van der Waals surface area contributed by atoms with Crippen LogP contribution in [-0.4, -0.2) is 47.9 Å². The number of hydrogen-bond acceptors (Lipinski definition) is 4. The van der Waals surface area contributed by atoms with Crippen LogP contribution in [0.1, 0.15) is 29.8 Å². The molecule has 1 heterocycles. The number of likely N-dealkylation sites (N-methyl/N-ethyl adjacent to an activating group) is 1. The van der Waals surface area contributed by atoms with E-state index in [0.29, 0.717) is 23.3 Å². The Hall–Kier alpha value is -1.59. The third-order valence-electron chi connectivity index (χ3n) is 4.26. The van der Waals surface area contributed by atoms with Gasteiger partial charge in [-0.05, 0) is 38.6 Å². The van der Waals surface area contributed by atoms with E-state index < -0.39 is 5.91 Å². The highest BCUT2D eigenvalue weighted by molar-refractivity contribution is 5.93. The van der Waals surface area contributed by atoms with Gasteiger partial charge < -0.3 is 11.5 Å². The van der Waals surface area contributed by atoms with Gasteiger partial charge in [-0.15, -0.1) is 0 Å². The Morgan fingerprint density at radius 2 is 1.90 bits per heavy atom. The van der Waals surface area contributed by atoms with Crippen LogP contribution in [0.5, 0.6) is 0 Å². The maximum Gasteiger partial charge on any atom is 0.248 e. The van der Waals surface area contributed by atoms with Crippen LogP contribution in [0.2, 0.25) is 0 Å². The number of hydrogen-bond donors (Lipinski definition) is 2. The summed E-state index contributed by atoms with van der Waals surface area (Å²) in [7, 11) is 2.17. The second-order valence-corrected chi connectivity index (χ2v) is 5.84. The van der Waals surface area contributed by atoms with Gasteiger partial charge in [-0.1, -0.05) is 6.07 Å². The molecule has 1 saturated heterocycles. The highest BCUT2D eigenvalue weighted by Crippen LogP contribution is 2.20. The lowest BCUT2D eigenvalue weighted by atomic mass is 10.1. The van der Waals surface area contributed by atoms with Crippen molar-refractivity contribution in [3.8, 4) is 0 Å². The molecular formula is C15H24N4O. The van der Waals surface area contributed by atoms with Crippen LogP contribution in [0.25, 0.3) is 0 Å². The molecule has 2 unspecified atom stereocenters. The minimum Gasteiger partial charge on any atom is -0.398 e. The van der Waals surface area contributed by atoms with Gasteiger partial charge in [-0.2, -0.15) is 0 Å². The number of benzene rings is 1. The summed E-state index contributed by atoms with van der Waals surface area (Å²) in [4.78, 5) is 15.9. The fourth-order valence-corrected chi connectivity index (χ4v) is 2.78. The van der Waals surface area contributed by atoms with Crippen LogP contribution in [0.15, 0.2) is 18.2 Å². The van der Waals surface area contributed by atoms with Crippen LogP contribution < -0.4 is 11.5 Å². The fraction of sp³-hybridized carbons (Fsp3) is 0.533. The highest BCUT2D eigenvalue weighted by atomic mass is 16.1. The molecule has 0 radical (unpaired) electrons. The van der Waals surface area contributed by atoms with E-state index >= 15 is 0 Å². The van der Waals surface area contributed by atoms with Crippen LogP contribution in [0.4, 0.5) is 5.69 Å². The lowest BCUT2D eigenvalue weighted by Crippen LogP contribution is -2.54. The van der Waals surface area contributed by atoms with Crippen molar-refractivity contribution in [1.29, 1.82) is 0 Å². The Labute approximate surface area is 120 Å². The van der Waals surface area contributed by atoms with Crippen LogP contribution >= 0.6 is 0 Å². The topological polar surface area (TPSA) is 75.6 Å². The van der Waals surface area contributed by atoms with Crippen molar-refractivity contribution in [1.82, 2.24) is 9.80 Å². The monoisotopic (exact) mass is 276 g/mol. The number of carbonyl (C=O) groups excluding carboxylic acids is 1. The van der Waals surface area contributed by atoms with Gasteiger partial charge >= 0.3 is 0 Å². The van der Waals surface area contributed by atoms with Crippen LogP contribution in [-0.2, 0) is 6.54 Å². The van der Waals surface area contributed by atoms with E-state index in [0.717, 1.165) is 25.2 Å². The van der Waals surface area contributed by atoms with Gasteiger partial charge in [-0.25, -0.2) is 0 Å². The number of piperazine rings is 1. The molecule has 1 aliphatic rings. The summed E-state index contributed by atoms with van der Waals surface area (Å²) in [5, 5.41) is 0. The Balaban J connectivity index is 2.09. The van der Waals surface area contributed by atoms with E-state index in [4.69, 9.17) is 11.5 Å². The molecule has 2 rings (SSSR count). The lowest BCUT2D eigenvalue weighted by Gasteiger charge is -2.42. The van der Waals surface area contributed by atoms with Gasteiger partial charge in [-0.3, -0.25) is 14.6 Å². The van der Waals surface area contributed by atoms with Crippen molar-refractivity contribution in [2.24, 2.45) is 5.73 Å². The average Bonchev–Trinajstić information content (AvgIpc) is 2.38. The molecule has 1 fully saturated rings. The Morgan fingerprint density at radius 3 is 2.40 bits per heavy atom. The average molecular weight is 276 g/mol. The van der Waals surface area contributed by atoms with E-state index in [1.165, 1.54) is 0 Å². The molecule has 1 amide bonds. The third-order valence-corrected chi connectivity index (χ3v) is 4.26. The minimum absolute atomic E-state index is 0.440. The summed E-state index contributed by atoms with van der Waals surface area (Å²) in [5.41, 5.74) is 13.4. The maximum absolute atomic E-state index is 11.1. The van der Waals surface area contributed by atoms with Gasteiger partial charge in [0.05, 0.1) is 0 Å². The molecule has 0 aromatic heterocycles.